The molecular weight excluding hydrogens is 266 g/mol. The number of hydrogen-bond acceptors (Lipinski definition) is 2. The SMILES string of the molecule is Cn1cccc1C(=O)Nc1ccccc1C(=O)NC1CC1. The topological polar surface area (TPSA) is 63.1 Å². The molecule has 1 saturated carbocycles. The molecule has 1 aliphatic rings. The van der Waals surface area contributed by atoms with Crippen molar-refractivity contribution in [3.63, 3.8) is 0 Å². The van der Waals surface area contributed by atoms with Crippen LogP contribution in [0.3, 0.4) is 0 Å². The molecule has 21 heavy (non-hydrogen) atoms. The van der Waals surface area contributed by atoms with Gasteiger partial charge in [-0.2, -0.15) is 0 Å². The molecule has 108 valence electrons. The third-order valence-electron chi connectivity index (χ3n) is 3.51. The Kier molecular flexibility index (Phi) is 3.48. The minimum Gasteiger partial charge on any atom is -0.349 e. The van der Waals surface area contributed by atoms with E-state index < -0.39 is 0 Å². The van der Waals surface area contributed by atoms with Crippen LogP contribution in [-0.2, 0) is 7.05 Å². The number of rotatable bonds is 4. The van der Waals surface area contributed by atoms with Gasteiger partial charge in [-0.15, -0.1) is 0 Å². The summed E-state index contributed by atoms with van der Waals surface area (Å²) in [6, 6.07) is 10.9. The maximum Gasteiger partial charge on any atom is 0.272 e. The second kappa shape index (κ2) is 5.44. The fourth-order valence-electron chi connectivity index (χ4n) is 2.16. The number of aryl methyl sites for hydroxylation is 1. The molecule has 1 fully saturated rings. The number of carbonyl (C=O) groups excluding carboxylic acids is 2. The molecule has 0 spiro atoms. The summed E-state index contributed by atoms with van der Waals surface area (Å²) >= 11 is 0. The van der Waals surface area contributed by atoms with Crippen LogP contribution in [0, 0.1) is 0 Å². The van der Waals surface area contributed by atoms with Gasteiger partial charge in [0.15, 0.2) is 0 Å². The molecule has 2 N–H and O–H groups in total. The summed E-state index contributed by atoms with van der Waals surface area (Å²) in [6.07, 6.45) is 3.87. The standard InChI is InChI=1S/C16H17N3O2/c1-19-10-4-7-14(19)16(21)18-13-6-3-2-5-12(13)15(20)17-11-8-9-11/h2-7,10-11H,8-9H2,1H3,(H,17,20)(H,18,21). The largest absolute Gasteiger partial charge is 0.349 e. The van der Waals surface area contributed by atoms with Crippen LogP contribution < -0.4 is 10.6 Å². The van der Waals surface area contributed by atoms with E-state index in [0.29, 0.717) is 16.9 Å². The Balaban J connectivity index is 1.80. The highest BCUT2D eigenvalue weighted by atomic mass is 16.2. The highest BCUT2D eigenvalue weighted by Gasteiger charge is 2.25. The van der Waals surface area contributed by atoms with Crippen molar-refractivity contribution in [2.45, 2.75) is 18.9 Å². The van der Waals surface area contributed by atoms with Crippen molar-refractivity contribution in [2.24, 2.45) is 7.05 Å². The predicted octanol–water partition coefficient (Wildman–Crippen LogP) is 2.17. The van der Waals surface area contributed by atoms with Crippen LogP contribution >= 0.6 is 0 Å². The maximum atomic E-state index is 12.2. The van der Waals surface area contributed by atoms with Gasteiger partial charge in [0.2, 0.25) is 0 Å². The zero-order chi connectivity index (χ0) is 14.8. The maximum absolute atomic E-state index is 12.2. The van der Waals surface area contributed by atoms with Gasteiger partial charge < -0.3 is 15.2 Å². The summed E-state index contributed by atoms with van der Waals surface area (Å²) in [7, 11) is 1.81. The first-order chi connectivity index (χ1) is 10.1. The number of nitrogens with zero attached hydrogens (tertiary/aromatic N) is 1. The summed E-state index contributed by atoms with van der Waals surface area (Å²) in [5, 5.41) is 5.74. The Morgan fingerprint density at radius 3 is 2.52 bits per heavy atom. The fraction of sp³-hybridized carbons (Fsp3) is 0.250. The molecule has 0 bridgehead atoms. The number of hydrogen-bond donors (Lipinski definition) is 2. The zero-order valence-electron chi connectivity index (χ0n) is 11.8. The first kappa shape index (κ1) is 13.4. The lowest BCUT2D eigenvalue weighted by molar-refractivity contribution is 0.0952. The van der Waals surface area contributed by atoms with E-state index in [1.54, 1.807) is 54.2 Å². The van der Waals surface area contributed by atoms with Crippen LogP contribution in [0.15, 0.2) is 42.6 Å². The van der Waals surface area contributed by atoms with Gasteiger partial charge in [0.1, 0.15) is 5.69 Å². The number of carbonyl (C=O) groups is 2. The molecule has 1 aliphatic carbocycles. The fourth-order valence-corrected chi connectivity index (χ4v) is 2.16. The van der Waals surface area contributed by atoms with Crippen molar-refractivity contribution in [3.05, 3.63) is 53.9 Å². The number of anilines is 1. The van der Waals surface area contributed by atoms with Crippen LogP contribution in [0.2, 0.25) is 0 Å². The third-order valence-corrected chi connectivity index (χ3v) is 3.51. The lowest BCUT2D eigenvalue weighted by Gasteiger charge is -2.11. The highest BCUT2D eigenvalue weighted by Crippen LogP contribution is 2.22. The molecule has 0 aliphatic heterocycles. The van der Waals surface area contributed by atoms with Crippen molar-refractivity contribution in [2.75, 3.05) is 5.32 Å². The van der Waals surface area contributed by atoms with E-state index >= 15 is 0 Å². The molecule has 0 atom stereocenters. The van der Waals surface area contributed by atoms with Gasteiger partial charge >= 0.3 is 0 Å². The Morgan fingerprint density at radius 1 is 1.10 bits per heavy atom. The molecule has 0 saturated heterocycles. The van der Waals surface area contributed by atoms with Gasteiger partial charge in [0.05, 0.1) is 11.3 Å². The molecule has 1 aromatic carbocycles. The normalized spacial score (nSPS) is 13.8. The van der Waals surface area contributed by atoms with E-state index in [4.69, 9.17) is 0 Å². The summed E-state index contributed by atoms with van der Waals surface area (Å²) in [6.45, 7) is 0. The lowest BCUT2D eigenvalue weighted by atomic mass is 10.1. The third kappa shape index (κ3) is 2.97. The molecule has 0 radical (unpaired) electrons. The number of para-hydroxylation sites is 1. The molecule has 5 heteroatoms. The van der Waals surface area contributed by atoms with Gasteiger partial charge in [0, 0.05) is 19.3 Å². The van der Waals surface area contributed by atoms with Gasteiger partial charge in [-0.1, -0.05) is 12.1 Å². The van der Waals surface area contributed by atoms with E-state index in [1.807, 2.05) is 0 Å². The molecule has 1 heterocycles. The minimum absolute atomic E-state index is 0.139. The lowest BCUT2D eigenvalue weighted by Crippen LogP contribution is -2.27. The van der Waals surface area contributed by atoms with E-state index in [2.05, 4.69) is 10.6 Å². The monoisotopic (exact) mass is 283 g/mol. The van der Waals surface area contributed by atoms with Crippen LogP contribution in [0.1, 0.15) is 33.7 Å². The average Bonchev–Trinajstić information content (AvgIpc) is 3.17. The number of nitrogens with one attached hydrogen (secondary N) is 2. The predicted molar refractivity (Wildman–Crippen MR) is 80.3 cm³/mol. The minimum atomic E-state index is -0.228. The first-order valence-electron chi connectivity index (χ1n) is 6.98. The van der Waals surface area contributed by atoms with E-state index in [9.17, 15) is 9.59 Å². The van der Waals surface area contributed by atoms with Crippen molar-refractivity contribution in [1.82, 2.24) is 9.88 Å². The number of aromatic nitrogens is 1. The van der Waals surface area contributed by atoms with Crippen LogP contribution in [0.4, 0.5) is 5.69 Å². The zero-order valence-corrected chi connectivity index (χ0v) is 11.8. The van der Waals surface area contributed by atoms with Crippen molar-refractivity contribution in [1.29, 1.82) is 0 Å². The van der Waals surface area contributed by atoms with Gasteiger partial charge in [-0.25, -0.2) is 0 Å². The second-order valence-electron chi connectivity index (χ2n) is 5.25. The summed E-state index contributed by atoms with van der Waals surface area (Å²) in [4.78, 5) is 24.4. The van der Waals surface area contributed by atoms with Gasteiger partial charge in [0.25, 0.3) is 11.8 Å². The molecule has 3 rings (SSSR count). The Morgan fingerprint density at radius 2 is 1.86 bits per heavy atom. The molecule has 5 nitrogen and oxygen atoms in total. The van der Waals surface area contributed by atoms with Crippen molar-refractivity contribution in [3.8, 4) is 0 Å². The Bertz CT molecular complexity index is 686. The molecule has 2 aromatic rings. The van der Waals surface area contributed by atoms with E-state index in [1.165, 1.54) is 0 Å². The number of benzene rings is 1. The van der Waals surface area contributed by atoms with E-state index in [-0.39, 0.29) is 17.9 Å². The average molecular weight is 283 g/mol. The molecule has 2 amide bonds. The quantitative estimate of drug-likeness (QED) is 0.903. The van der Waals surface area contributed by atoms with Gasteiger partial charge in [-0.05, 0) is 37.1 Å². The molecular formula is C16H17N3O2. The first-order valence-corrected chi connectivity index (χ1v) is 6.98. The Labute approximate surface area is 123 Å². The molecule has 1 aromatic heterocycles. The Hall–Kier alpha value is -2.56. The van der Waals surface area contributed by atoms with E-state index in [0.717, 1.165) is 12.8 Å². The van der Waals surface area contributed by atoms with Gasteiger partial charge in [-0.3, -0.25) is 9.59 Å². The summed E-state index contributed by atoms with van der Waals surface area (Å²) < 4.78 is 1.74. The van der Waals surface area contributed by atoms with Crippen molar-refractivity contribution < 1.29 is 9.59 Å². The van der Waals surface area contributed by atoms with Crippen LogP contribution in [0.25, 0.3) is 0 Å². The van der Waals surface area contributed by atoms with Crippen LogP contribution in [0.5, 0.6) is 0 Å². The van der Waals surface area contributed by atoms with Crippen LogP contribution in [-0.4, -0.2) is 22.4 Å². The highest BCUT2D eigenvalue weighted by molar-refractivity contribution is 6.08. The summed E-state index contributed by atoms with van der Waals surface area (Å²) in [5.41, 5.74) is 1.57. The summed E-state index contributed by atoms with van der Waals surface area (Å²) in [5.74, 6) is -0.366. The number of amides is 2. The smallest absolute Gasteiger partial charge is 0.272 e. The second-order valence-corrected chi connectivity index (χ2v) is 5.25. The van der Waals surface area contributed by atoms with Crippen molar-refractivity contribution >= 4 is 17.5 Å². The molecule has 0 unspecified atom stereocenters.